The van der Waals surface area contributed by atoms with Crippen molar-refractivity contribution in [1.82, 2.24) is 4.90 Å². The van der Waals surface area contributed by atoms with Crippen molar-refractivity contribution in [2.24, 2.45) is 0 Å². The fourth-order valence-corrected chi connectivity index (χ4v) is 3.68. The van der Waals surface area contributed by atoms with Crippen molar-refractivity contribution < 1.29 is 13.9 Å². The summed E-state index contributed by atoms with van der Waals surface area (Å²) in [4.78, 5) is 16.9. The highest BCUT2D eigenvalue weighted by Gasteiger charge is 2.21. The van der Waals surface area contributed by atoms with Gasteiger partial charge in [0.2, 0.25) is 5.91 Å². The van der Waals surface area contributed by atoms with Gasteiger partial charge in [0, 0.05) is 56.3 Å². The van der Waals surface area contributed by atoms with Crippen LogP contribution in [0.15, 0.2) is 71.1 Å². The van der Waals surface area contributed by atoms with E-state index >= 15 is 0 Å². The summed E-state index contributed by atoms with van der Waals surface area (Å²) in [5, 5.41) is 0. The van der Waals surface area contributed by atoms with Gasteiger partial charge in [-0.2, -0.15) is 0 Å². The molecule has 3 aromatic rings. The van der Waals surface area contributed by atoms with Crippen molar-refractivity contribution in [3.63, 3.8) is 0 Å². The van der Waals surface area contributed by atoms with E-state index in [4.69, 9.17) is 9.15 Å². The molecule has 1 saturated heterocycles. The average molecular weight is 390 g/mol. The van der Waals surface area contributed by atoms with Crippen LogP contribution < -0.4 is 9.64 Å². The second-order valence-electron chi connectivity index (χ2n) is 7.20. The Labute approximate surface area is 171 Å². The summed E-state index contributed by atoms with van der Waals surface area (Å²) in [6.07, 6.45) is 1.10. The zero-order valence-corrected chi connectivity index (χ0v) is 16.7. The van der Waals surface area contributed by atoms with Gasteiger partial charge in [-0.05, 0) is 24.3 Å². The molecule has 0 atom stereocenters. The van der Waals surface area contributed by atoms with Crippen molar-refractivity contribution in [2.75, 3.05) is 38.2 Å². The summed E-state index contributed by atoms with van der Waals surface area (Å²) in [5.41, 5.74) is 2.19. The molecule has 5 nitrogen and oxygen atoms in total. The van der Waals surface area contributed by atoms with Gasteiger partial charge >= 0.3 is 0 Å². The van der Waals surface area contributed by atoms with E-state index < -0.39 is 0 Å². The Morgan fingerprint density at radius 2 is 1.76 bits per heavy atom. The number of benzene rings is 2. The van der Waals surface area contributed by atoms with Crippen LogP contribution in [0, 0.1) is 0 Å². The largest absolute Gasteiger partial charge is 0.497 e. The van der Waals surface area contributed by atoms with E-state index in [2.05, 4.69) is 11.0 Å². The van der Waals surface area contributed by atoms with Crippen LogP contribution in [0.3, 0.4) is 0 Å². The molecule has 0 spiro atoms. The molecule has 150 valence electrons. The molecule has 0 bridgehead atoms. The minimum absolute atomic E-state index is 0.188. The van der Waals surface area contributed by atoms with E-state index in [1.807, 2.05) is 65.6 Å². The first-order chi connectivity index (χ1) is 14.2. The number of hydrogen-bond acceptors (Lipinski definition) is 4. The number of carbonyl (C=O) groups excluding carboxylic acids is 1. The molecule has 0 N–H and O–H groups in total. The van der Waals surface area contributed by atoms with E-state index in [1.54, 1.807) is 7.11 Å². The van der Waals surface area contributed by atoms with Crippen LogP contribution in [0.4, 0.5) is 5.69 Å². The second-order valence-corrected chi connectivity index (χ2v) is 7.20. The summed E-state index contributed by atoms with van der Waals surface area (Å²) >= 11 is 0. The van der Waals surface area contributed by atoms with Crippen molar-refractivity contribution >= 4 is 11.6 Å². The highest BCUT2D eigenvalue weighted by molar-refractivity contribution is 5.76. The summed E-state index contributed by atoms with van der Waals surface area (Å²) in [6.45, 7) is 3.14. The monoisotopic (exact) mass is 390 g/mol. The van der Waals surface area contributed by atoms with Crippen LogP contribution in [-0.4, -0.2) is 44.1 Å². The molecule has 4 rings (SSSR count). The number of aryl methyl sites for hydroxylation is 1. The summed E-state index contributed by atoms with van der Waals surface area (Å²) in [5.74, 6) is 2.74. The minimum atomic E-state index is 0.188. The predicted molar refractivity (Wildman–Crippen MR) is 114 cm³/mol. The van der Waals surface area contributed by atoms with Crippen molar-refractivity contribution in [2.45, 2.75) is 12.8 Å². The van der Waals surface area contributed by atoms with Crippen LogP contribution in [0.5, 0.6) is 5.75 Å². The van der Waals surface area contributed by atoms with E-state index in [1.165, 1.54) is 0 Å². The fourth-order valence-electron chi connectivity index (χ4n) is 3.68. The number of piperazine rings is 1. The lowest BCUT2D eigenvalue weighted by Gasteiger charge is -2.36. The third-order valence-electron chi connectivity index (χ3n) is 5.36. The van der Waals surface area contributed by atoms with Crippen molar-refractivity contribution in [3.8, 4) is 17.1 Å². The van der Waals surface area contributed by atoms with Crippen LogP contribution >= 0.6 is 0 Å². The Kier molecular flexibility index (Phi) is 5.84. The zero-order valence-electron chi connectivity index (χ0n) is 16.7. The highest BCUT2D eigenvalue weighted by Crippen LogP contribution is 2.24. The maximum Gasteiger partial charge on any atom is 0.223 e. The number of furan rings is 1. The molecule has 1 aromatic heterocycles. The Morgan fingerprint density at radius 3 is 2.52 bits per heavy atom. The summed E-state index contributed by atoms with van der Waals surface area (Å²) < 4.78 is 11.2. The molecule has 2 aromatic carbocycles. The Bertz CT molecular complexity index is 944. The molecule has 0 saturated carbocycles. The standard InChI is InChI=1S/C24H26N2O3/c1-28-22-9-5-8-20(18-22)25-14-16-26(17-15-25)24(27)13-11-21-10-12-23(29-21)19-6-3-2-4-7-19/h2-10,12,18H,11,13-17H2,1H3. The number of ether oxygens (including phenoxy) is 1. The first-order valence-corrected chi connectivity index (χ1v) is 10.0. The first-order valence-electron chi connectivity index (χ1n) is 10.0. The number of rotatable bonds is 6. The number of nitrogens with zero attached hydrogens (tertiary/aromatic N) is 2. The molecule has 0 unspecified atom stereocenters. The van der Waals surface area contributed by atoms with Gasteiger partial charge in [0.15, 0.2) is 0 Å². The number of anilines is 1. The number of methoxy groups -OCH3 is 1. The molecule has 5 heteroatoms. The SMILES string of the molecule is COc1cccc(N2CCN(C(=O)CCc3ccc(-c4ccccc4)o3)CC2)c1. The van der Waals surface area contributed by atoms with Crippen molar-refractivity contribution in [1.29, 1.82) is 0 Å². The molecule has 0 radical (unpaired) electrons. The van der Waals surface area contributed by atoms with Gasteiger partial charge in [-0.25, -0.2) is 0 Å². The molecule has 1 fully saturated rings. The smallest absolute Gasteiger partial charge is 0.223 e. The van der Waals surface area contributed by atoms with Crippen molar-refractivity contribution in [3.05, 3.63) is 72.5 Å². The van der Waals surface area contributed by atoms with Gasteiger partial charge in [-0.15, -0.1) is 0 Å². The van der Waals surface area contributed by atoms with Gasteiger partial charge in [0.25, 0.3) is 0 Å². The third kappa shape index (κ3) is 4.62. The minimum Gasteiger partial charge on any atom is -0.497 e. The maximum absolute atomic E-state index is 12.6. The lowest BCUT2D eigenvalue weighted by atomic mass is 10.2. The average Bonchev–Trinajstić information content (AvgIpc) is 3.27. The normalized spacial score (nSPS) is 14.1. The van der Waals surface area contributed by atoms with E-state index in [9.17, 15) is 4.79 Å². The van der Waals surface area contributed by atoms with Gasteiger partial charge < -0.3 is 19.0 Å². The van der Waals surface area contributed by atoms with Gasteiger partial charge in [0.05, 0.1) is 7.11 Å². The van der Waals surface area contributed by atoms with Gasteiger partial charge in [-0.3, -0.25) is 4.79 Å². The van der Waals surface area contributed by atoms with Crippen LogP contribution in [0.2, 0.25) is 0 Å². The number of hydrogen-bond donors (Lipinski definition) is 0. The molecule has 1 amide bonds. The zero-order chi connectivity index (χ0) is 20.1. The molecule has 1 aliphatic rings. The fraction of sp³-hybridized carbons (Fsp3) is 0.292. The quantitative estimate of drug-likeness (QED) is 0.632. The maximum atomic E-state index is 12.6. The lowest BCUT2D eigenvalue weighted by molar-refractivity contribution is -0.131. The summed E-state index contributed by atoms with van der Waals surface area (Å²) in [7, 11) is 1.68. The predicted octanol–water partition coefficient (Wildman–Crippen LogP) is 4.24. The molecule has 2 heterocycles. The van der Waals surface area contributed by atoms with E-state index in [0.29, 0.717) is 12.8 Å². The topological polar surface area (TPSA) is 45.9 Å². The number of amides is 1. The molecular formula is C24H26N2O3. The molecule has 1 aliphatic heterocycles. The molecule has 29 heavy (non-hydrogen) atoms. The molecule has 0 aliphatic carbocycles. The Balaban J connectivity index is 1.27. The van der Waals surface area contributed by atoms with E-state index in [-0.39, 0.29) is 5.91 Å². The van der Waals surface area contributed by atoms with Crippen LogP contribution in [0.1, 0.15) is 12.2 Å². The summed E-state index contributed by atoms with van der Waals surface area (Å²) in [6, 6.07) is 22.0. The van der Waals surface area contributed by atoms with E-state index in [0.717, 1.165) is 54.7 Å². The number of carbonyl (C=O) groups is 1. The van der Waals surface area contributed by atoms with Crippen LogP contribution in [-0.2, 0) is 11.2 Å². The first kappa shape index (κ1) is 19.1. The second kappa shape index (κ2) is 8.86. The van der Waals surface area contributed by atoms with Gasteiger partial charge in [-0.1, -0.05) is 36.4 Å². The Hall–Kier alpha value is -3.21. The third-order valence-corrected chi connectivity index (χ3v) is 5.36. The van der Waals surface area contributed by atoms with Crippen LogP contribution in [0.25, 0.3) is 11.3 Å². The Morgan fingerprint density at radius 1 is 0.966 bits per heavy atom. The molecular weight excluding hydrogens is 364 g/mol. The highest BCUT2D eigenvalue weighted by atomic mass is 16.5. The van der Waals surface area contributed by atoms with Gasteiger partial charge in [0.1, 0.15) is 17.3 Å². The lowest BCUT2D eigenvalue weighted by Crippen LogP contribution is -2.48.